The highest BCUT2D eigenvalue weighted by atomic mass is 79.9. The van der Waals surface area contributed by atoms with Crippen LogP contribution in [0, 0.1) is 0 Å². The molecular weight excluding hydrogens is 482 g/mol. The number of rotatable bonds is 2. The minimum Gasteiger partial charge on any atom is -0.309 e. The zero-order valence-electron chi connectivity index (χ0n) is 17.9. The monoisotopic (exact) mass is 501 g/mol. The van der Waals surface area contributed by atoms with E-state index in [1.807, 2.05) is 0 Å². The van der Waals surface area contributed by atoms with Crippen molar-refractivity contribution in [2.75, 3.05) is 0 Å². The summed E-state index contributed by atoms with van der Waals surface area (Å²) in [6.07, 6.45) is 0. The van der Waals surface area contributed by atoms with Gasteiger partial charge in [0.1, 0.15) is 0 Å². The van der Waals surface area contributed by atoms with Crippen molar-refractivity contribution in [3.63, 3.8) is 0 Å². The van der Waals surface area contributed by atoms with E-state index in [1.165, 1.54) is 48.2 Å². The molecule has 1 aromatic heterocycles. The Balaban J connectivity index is 1.79. The van der Waals surface area contributed by atoms with E-state index in [0.717, 1.165) is 4.47 Å². The molecule has 0 radical (unpaired) electrons. The summed E-state index contributed by atoms with van der Waals surface area (Å²) in [7, 11) is -2.55. The predicted molar refractivity (Wildman–Crippen MR) is 146 cm³/mol. The molecule has 3 heteroatoms. The molecule has 0 saturated heterocycles. The van der Waals surface area contributed by atoms with Gasteiger partial charge in [-0.1, -0.05) is 113 Å². The Hall–Kier alpha value is -3.40. The molecule has 0 N–H and O–H groups in total. The van der Waals surface area contributed by atoms with Crippen molar-refractivity contribution < 1.29 is 0 Å². The summed E-state index contributed by atoms with van der Waals surface area (Å²) in [5.74, 6) is 0. The van der Waals surface area contributed by atoms with Crippen molar-refractivity contribution in [1.29, 1.82) is 0 Å². The lowest BCUT2D eigenvalue weighted by Gasteiger charge is -2.39. The number of hydrogen-bond donors (Lipinski definition) is 0. The summed E-state index contributed by atoms with van der Waals surface area (Å²) in [5.41, 5.74) is 3.93. The Bertz CT molecular complexity index is 1680. The Morgan fingerprint density at radius 1 is 0.545 bits per heavy atom. The number of para-hydroxylation sites is 3. The summed E-state index contributed by atoms with van der Waals surface area (Å²) in [4.78, 5) is 0. The number of fused-ring (bicyclic) bond motifs is 5. The molecule has 33 heavy (non-hydrogen) atoms. The molecule has 1 atom stereocenters. The second kappa shape index (κ2) is 7.05. The number of aromatic nitrogens is 1. The topological polar surface area (TPSA) is 4.93 Å². The highest BCUT2D eigenvalue weighted by Crippen LogP contribution is 2.34. The largest absolute Gasteiger partial charge is 0.309 e. The molecule has 1 aliphatic heterocycles. The highest BCUT2D eigenvalue weighted by molar-refractivity contribution is 9.10. The SMILES string of the molecule is Brc1cccc([Si]2(c3ccccc3)c3ccccc3-n3c4ccccc4c4cccc2c43)c1. The average Bonchev–Trinajstić information content (AvgIpc) is 3.21. The molecule has 0 fully saturated rings. The second-order valence-corrected chi connectivity index (χ2v) is 13.3. The van der Waals surface area contributed by atoms with Gasteiger partial charge in [-0.05, 0) is 45.0 Å². The van der Waals surface area contributed by atoms with Gasteiger partial charge in [-0.3, -0.25) is 0 Å². The molecule has 0 aliphatic carbocycles. The van der Waals surface area contributed by atoms with Crippen LogP contribution in [-0.4, -0.2) is 12.6 Å². The molecule has 1 nitrogen and oxygen atoms in total. The first-order valence-corrected chi connectivity index (χ1v) is 14.0. The van der Waals surface area contributed by atoms with E-state index in [4.69, 9.17) is 0 Å². The van der Waals surface area contributed by atoms with Crippen molar-refractivity contribution in [1.82, 2.24) is 4.57 Å². The predicted octanol–water partition coefficient (Wildman–Crippen LogP) is 5.24. The van der Waals surface area contributed by atoms with Crippen molar-refractivity contribution >= 4 is 66.6 Å². The first-order chi connectivity index (χ1) is 16.3. The van der Waals surface area contributed by atoms with E-state index >= 15 is 0 Å². The molecule has 1 unspecified atom stereocenters. The molecule has 7 rings (SSSR count). The summed E-state index contributed by atoms with van der Waals surface area (Å²) in [6.45, 7) is 0. The van der Waals surface area contributed by atoms with Crippen LogP contribution in [0.4, 0.5) is 0 Å². The van der Waals surface area contributed by atoms with E-state index in [2.05, 4.69) is 142 Å². The lowest BCUT2D eigenvalue weighted by Crippen LogP contribution is -2.76. The van der Waals surface area contributed by atoms with Crippen LogP contribution in [0.3, 0.4) is 0 Å². The fourth-order valence-corrected chi connectivity index (χ4v) is 11.7. The summed E-state index contributed by atoms with van der Waals surface area (Å²) in [6, 6.07) is 45.0. The van der Waals surface area contributed by atoms with Gasteiger partial charge < -0.3 is 4.57 Å². The highest BCUT2D eigenvalue weighted by Gasteiger charge is 2.47. The van der Waals surface area contributed by atoms with E-state index in [-0.39, 0.29) is 0 Å². The van der Waals surface area contributed by atoms with Crippen molar-refractivity contribution in [2.24, 2.45) is 0 Å². The molecule has 0 spiro atoms. The standard InChI is InChI=1S/C30H20BrNSi/c31-21-10-8-13-23(20-21)33(22-11-2-1-3-12-22)28-18-7-6-17-27(28)32-26-16-5-4-14-24(26)25-15-9-19-29(33)30(25)32/h1-20H. The lowest BCUT2D eigenvalue weighted by atomic mass is 10.1. The third kappa shape index (κ3) is 2.46. The van der Waals surface area contributed by atoms with E-state index in [9.17, 15) is 0 Å². The maximum Gasteiger partial charge on any atom is 0.184 e. The van der Waals surface area contributed by atoms with Crippen molar-refractivity contribution in [2.45, 2.75) is 0 Å². The van der Waals surface area contributed by atoms with Crippen LogP contribution in [0.25, 0.3) is 27.5 Å². The van der Waals surface area contributed by atoms with Gasteiger partial charge in [-0.2, -0.15) is 0 Å². The van der Waals surface area contributed by atoms with Gasteiger partial charge in [0.15, 0.2) is 8.07 Å². The smallest absolute Gasteiger partial charge is 0.184 e. The van der Waals surface area contributed by atoms with Crippen molar-refractivity contribution in [3.8, 4) is 5.69 Å². The summed E-state index contributed by atoms with van der Waals surface area (Å²) >= 11 is 3.78. The van der Waals surface area contributed by atoms with Gasteiger partial charge in [0.25, 0.3) is 0 Å². The van der Waals surface area contributed by atoms with E-state index in [1.54, 1.807) is 0 Å². The van der Waals surface area contributed by atoms with Gasteiger partial charge in [-0.15, -0.1) is 0 Å². The Kier molecular flexibility index (Phi) is 4.08. The normalized spacial score (nSPS) is 16.8. The number of hydrogen-bond acceptors (Lipinski definition) is 0. The van der Waals surface area contributed by atoms with Gasteiger partial charge in [0.05, 0.1) is 11.0 Å². The van der Waals surface area contributed by atoms with Crippen LogP contribution in [0.15, 0.2) is 126 Å². The third-order valence-electron chi connectivity index (χ3n) is 7.11. The maximum absolute atomic E-state index is 3.78. The maximum atomic E-state index is 3.78. The van der Waals surface area contributed by atoms with Gasteiger partial charge >= 0.3 is 0 Å². The lowest BCUT2D eigenvalue weighted by molar-refractivity contribution is 1.19. The molecule has 0 bridgehead atoms. The molecular formula is C30H20BrNSi. The zero-order valence-corrected chi connectivity index (χ0v) is 20.5. The second-order valence-electron chi connectivity index (χ2n) is 8.70. The Morgan fingerprint density at radius 3 is 2.09 bits per heavy atom. The molecule has 2 heterocycles. The van der Waals surface area contributed by atoms with Crippen LogP contribution in [0.1, 0.15) is 0 Å². The summed E-state index contributed by atoms with van der Waals surface area (Å²) < 4.78 is 3.63. The Labute approximate surface area is 202 Å². The minimum absolute atomic E-state index is 1.12. The minimum atomic E-state index is -2.55. The number of nitrogens with zero attached hydrogens (tertiary/aromatic N) is 1. The molecule has 5 aromatic carbocycles. The zero-order chi connectivity index (χ0) is 22.0. The Morgan fingerprint density at radius 2 is 1.21 bits per heavy atom. The van der Waals surface area contributed by atoms with Crippen LogP contribution >= 0.6 is 15.9 Å². The number of halogens is 1. The first kappa shape index (κ1) is 19.1. The molecule has 1 aliphatic rings. The van der Waals surface area contributed by atoms with Gasteiger partial charge in [0.2, 0.25) is 0 Å². The fraction of sp³-hybridized carbons (Fsp3) is 0. The van der Waals surface area contributed by atoms with E-state index < -0.39 is 8.07 Å². The fourth-order valence-electron chi connectivity index (χ4n) is 5.90. The van der Waals surface area contributed by atoms with Crippen LogP contribution < -0.4 is 20.7 Å². The number of benzene rings is 5. The first-order valence-electron chi connectivity index (χ1n) is 11.2. The van der Waals surface area contributed by atoms with Crippen LogP contribution in [-0.2, 0) is 0 Å². The van der Waals surface area contributed by atoms with Crippen LogP contribution in [0.5, 0.6) is 0 Å². The third-order valence-corrected chi connectivity index (χ3v) is 12.4. The average molecular weight is 502 g/mol. The van der Waals surface area contributed by atoms with Crippen LogP contribution in [0.2, 0.25) is 0 Å². The van der Waals surface area contributed by atoms with Gasteiger partial charge in [0, 0.05) is 20.9 Å². The van der Waals surface area contributed by atoms with E-state index in [0.29, 0.717) is 0 Å². The van der Waals surface area contributed by atoms with Crippen molar-refractivity contribution in [3.05, 3.63) is 126 Å². The molecule has 156 valence electrons. The van der Waals surface area contributed by atoms with Gasteiger partial charge in [-0.25, -0.2) is 0 Å². The molecule has 0 saturated carbocycles. The molecule has 6 aromatic rings. The quantitative estimate of drug-likeness (QED) is 0.285. The molecule has 0 amide bonds. The summed E-state index contributed by atoms with van der Waals surface area (Å²) in [5, 5.41) is 8.37.